The van der Waals surface area contributed by atoms with Crippen molar-refractivity contribution in [1.82, 2.24) is 15.4 Å². The highest BCUT2D eigenvalue weighted by atomic mass is 16.5. The van der Waals surface area contributed by atoms with Crippen LogP contribution in [0.4, 0.5) is 0 Å². The zero-order valence-electron chi connectivity index (χ0n) is 14.8. The smallest absolute Gasteiger partial charge is 0.0902 e. The lowest BCUT2D eigenvalue weighted by Gasteiger charge is -2.41. The summed E-state index contributed by atoms with van der Waals surface area (Å²) in [6.45, 7) is 7.61. The van der Waals surface area contributed by atoms with E-state index in [2.05, 4.69) is 60.5 Å². The molecular formula is C19H31N3O. The summed E-state index contributed by atoms with van der Waals surface area (Å²) in [4.78, 5) is 0. The molecule has 4 nitrogen and oxygen atoms in total. The van der Waals surface area contributed by atoms with Crippen LogP contribution in [-0.4, -0.2) is 28.1 Å². The molecule has 128 valence electrons. The molecule has 1 N–H and O–H groups in total. The predicted molar refractivity (Wildman–Crippen MR) is 94.3 cm³/mol. The first-order valence-electron chi connectivity index (χ1n) is 9.05. The van der Waals surface area contributed by atoms with Gasteiger partial charge in [0.1, 0.15) is 0 Å². The number of nitrogens with zero attached hydrogens (tertiary/aromatic N) is 2. The maximum absolute atomic E-state index is 6.36. The summed E-state index contributed by atoms with van der Waals surface area (Å²) in [7, 11) is 0. The molecule has 0 fully saturated rings. The molecule has 2 rings (SSSR count). The molecule has 0 bridgehead atoms. The van der Waals surface area contributed by atoms with Crippen molar-refractivity contribution in [3.8, 4) is 0 Å². The Labute approximate surface area is 140 Å². The lowest BCUT2D eigenvalue weighted by molar-refractivity contribution is -0.0262. The van der Waals surface area contributed by atoms with E-state index in [1.165, 1.54) is 19.3 Å². The SMILES string of the molecule is CCCCCCOC(CCC)C1(C)C=CC=CC1c1cn[nH]n1. The Morgan fingerprint density at radius 1 is 1.22 bits per heavy atom. The van der Waals surface area contributed by atoms with Crippen LogP contribution in [0.3, 0.4) is 0 Å². The lowest BCUT2D eigenvalue weighted by Crippen LogP contribution is -2.39. The Bertz CT molecular complexity index is 495. The molecule has 0 saturated carbocycles. The van der Waals surface area contributed by atoms with Gasteiger partial charge in [0.25, 0.3) is 0 Å². The van der Waals surface area contributed by atoms with Gasteiger partial charge in [0.2, 0.25) is 0 Å². The van der Waals surface area contributed by atoms with Crippen molar-refractivity contribution in [2.75, 3.05) is 6.61 Å². The first kappa shape index (κ1) is 17.9. The Balaban J connectivity index is 2.07. The highest BCUT2D eigenvalue weighted by molar-refractivity contribution is 5.29. The normalized spacial score (nSPS) is 24.9. The molecule has 3 atom stereocenters. The standard InChI is InChI=1S/C19H31N3O/c1-4-6-7-10-14-23-18(11-5-2)19(3)13-9-8-12-16(19)17-15-20-22-21-17/h8-9,12-13,15-16,18H,4-7,10-11,14H2,1-3H3,(H,20,21,22). The van der Waals surface area contributed by atoms with Crippen LogP contribution >= 0.6 is 0 Å². The number of allylic oxidation sites excluding steroid dienone is 3. The Hall–Kier alpha value is -1.42. The molecule has 3 unspecified atom stereocenters. The summed E-state index contributed by atoms with van der Waals surface area (Å²) in [5, 5.41) is 11.1. The summed E-state index contributed by atoms with van der Waals surface area (Å²) >= 11 is 0. The predicted octanol–water partition coefficient (Wildman–Crippen LogP) is 4.79. The van der Waals surface area contributed by atoms with Gasteiger partial charge in [-0.1, -0.05) is 70.8 Å². The van der Waals surface area contributed by atoms with E-state index in [-0.39, 0.29) is 17.4 Å². The van der Waals surface area contributed by atoms with Gasteiger partial charge in [-0.25, -0.2) is 0 Å². The van der Waals surface area contributed by atoms with Gasteiger partial charge in [-0.2, -0.15) is 15.4 Å². The molecule has 0 spiro atoms. The van der Waals surface area contributed by atoms with Crippen LogP contribution in [0.5, 0.6) is 0 Å². The summed E-state index contributed by atoms with van der Waals surface area (Å²) in [5.41, 5.74) is 0.913. The third-order valence-electron chi connectivity index (χ3n) is 4.85. The summed E-state index contributed by atoms with van der Waals surface area (Å²) in [6, 6.07) is 0. The molecule has 1 aliphatic carbocycles. The molecule has 1 heterocycles. The van der Waals surface area contributed by atoms with Gasteiger partial charge in [-0.3, -0.25) is 0 Å². The topological polar surface area (TPSA) is 50.8 Å². The number of hydrogen-bond donors (Lipinski definition) is 1. The van der Waals surface area contributed by atoms with Crippen molar-refractivity contribution in [1.29, 1.82) is 0 Å². The fourth-order valence-electron chi connectivity index (χ4n) is 3.42. The first-order chi connectivity index (χ1) is 11.2. The van der Waals surface area contributed by atoms with Crippen molar-refractivity contribution in [2.24, 2.45) is 5.41 Å². The molecule has 1 aromatic heterocycles. The zero-order valence-corrected chi connectivity index (χ0v) is 14.8. The molecule has 1 aromatic rings. The van der Waals surface area contributed by atoms with Crippen molar-refractivity contribution in [3.05, 3.63) is 36.2 Å². The molecule has 4 heteroatoms. The average molecular weight is 317 g/mol. The van der Waals surface area contributed by atoms with Crippen LogP contribution in [0.1, 0.15) is 70.9 Å². The highest BCUT2D eigenvalue weighted by Crippen LogP contribution is 2.45. The van der Waals surface area contributed by atoms with Crippen LogP contribution in [0.25, 0.3) is 0 Å². The van der Waals surface area contributed by atoms with Gasteiger partial charge in [0.15, 0.2) is 0 Å². The van der Waals surface area contributed by atoms with Crippen LogP contribution < -0.4 is 0 Å². The number of rotatable bonds is 10. The van der Waals surface area contributed by atoms with E-state index in [1.54, 1.807) is 0 Å². The van der Waals surface area contributed by atoms with E-state index in [1.807, 2.05) is 6.20 Å². The molecule has 0 aliphatic heterocycles. The fourth-order valence-corrected chi connectivity index (χ4v) is 3.42. The number of H-pyrrole nitrogens is 1. The average Bonchev–Trinajstić information content (AvgIpc) is 3.08. The van der Waals surface area contributed by atoms with Gasteiger partial charge < -0.3 is 4.74 Å². The van der Waals surface area contributed by atoms with Gasteiger partial charge in [-0.05, 0) is 12.8 Å². The molecule has 23 heavy (non-hydrogen) atoms. The maximum atomic E-state index is 6.36. The fraction of sp³-hybridized carbons (Fsp3) is 0.684. The summed E-state index contributed by atoms with van der Waals surface area (Å²) < 4.78 is 6.36. The minimum absolute atomic E-state index is 0.0770. The summed E-state index contributed by atoms with van der Waals surface area (Å²) in [6.07, 6.45) is 17.9. The lowest BCUT2D eigenvalue weighted by atomic mass is 9.68. The number of hydrogen-bond acceptors (Lipinski definition) is 3. The Kier molecular flexibility index (Phi) is 7.03. The van der Waals surface area contributed by atoms with E-state index in [4.69, 9.17) is 4.74 Å². The van der Waals surface area contributed by atoms with E-state index < -0.39 is 0 Å². The molecule has 0 aromatic carbocycles. The number of aromatic amines is 1. The second kappa shape index (κ2) is 9.02. The Morgan fingerprint density at radius 3 is 2.78 bits per heavy atom. The molecule has 0 radical (unpaired) electrons. The molecule has 0 saturated heterocycles. The second-order valence-corrected chi connectivity index (χ2v) is 6.69. The van der Waals surface area contributed by atoms with Crippen molar-refractivity contribution < 1.29 is 4.74 Å². The molecule has 1 aliphatic rings. The number of nitrogens with one attached hydrogen (secondary N) is 1. The van der Waals surface area contributed by atoms with Crippen molar-refractivity contribution in [2.45, 2.75) is 71.3 Å². The maximum Gasteiger partial charge on any atom is 0.0902 e. The monoisotopic (exact) mass is 317 g/mol. The zero-order chi connectivity index (χ0) is 16.5. The highest BCUT2D eigenvalue weighted by Gasteiger charge is 2.41. The third kappa shape index (κ3) is 4.54. The quantitative estimate of drug-likeness (QED) is 0.631. The van der Waals surface area contributed by atoms with Crippen molar-refractivity contribution >= 4 is 0 Å². The van der Waals surface area contributed by atoms with E-state index in [0.29, 0.717) is 0 Å². The largest absolute Gasteiger partial charge is 0.377 e. The van der Waals surface area contributed by atoms with Crippen LogP contribution in [0.2, 0.25) is 0 Å². The molecular weight excluding hydrogens is 286 g/mol. The van der Waals surface area contributed by atoms with Crippen LogP contribution in [-0.2, 0) is 4.74 Å². The second-order valence-electron chi connectivity index (χ2n) is 6.69. The minimum Gasteiger partial charge on any atom is -0.377 e. The first-order valence-corrected chi connectivity index (χ1v) is 9.05. The van der Waals surface area contributed by atoms with E-state index >= 15 is 0 Å². The Morgan fingerprint density at radius 2 is 2.09 bits per heavy atom. The van der Waals surface area contributed by atoms with Crippen LogP contribution in [0.15, 0.2) is 30.5 Å². The number of ether oxygens (including phenoxy) is 1. The molecule has 0 amide bonds. The van der Waals surface area contributed by atoms with Gasteiger partial charge >= 0.3 is 0 Å². The minimum atomic E-state index is -0.0770. The van der Waals surface area contributed by atoms with Gasteiger partial charge in [-0.15, -0.1) is 0 Å². The number of aromatic nitrogens is 3. The van der Waals surface area contributed by atoms with Gasteiger partial charge in [0, 0.05) is 17.9 Å². The van der Waals surface area contributed by atoms with E-state index in [9.17, 15) is 0 Å². The number of unbranched alkanes of at least 4 members (excludes halogenated alkanes) is 3. The third-order valence-corrected chi connectivity index (χ3v) is 4.85. The summed E-state index contributed by atoms with van der Waals surface area (Å²) in [5.74, 6) is 0.207. The van der Waals surface area contributed by atoms with Crippen LogP contribution in [0, 0.1) is 5.41 Å². The van der Waals surface area contributed by atoms with Gasteiger partial charge in [0.05, 0.1) is 18.0 Å². The van der Waals surface area contributed by atoms with E-state index in [0.717, 1.165) is 31.6 Å². The van der Waals surface area contributed by atoms with Crippen molar-refractivity contribution in [3.63, 3.8) is 0 Å².